The first-order chi connectivity index (χ1) is 9.22. The Hall–Kier alpha value is -1.95. The number of aromatic nitrogens is 1. The molecule has 0 bridgehead atoms. The van der Waals surface area contributed by atoms with Gasteiger partial charge in [0.15, 0.2) is 5.69 Å². The van der Waals surface area contributed by atoms with Gasteiger partial charge in [-0.15, -0.1) is 0 Å². The van der Waals surface area contributed by atoms with E-state index in [0.29, 0.717) is 11.8 Å². The van der Waals surface area contributed by atoms with Gasteiger partial charge in [-0.25, -0.2) is 4.79 Å². The molecule has 0 saturated heterocycles. The molecule has 1 aromatic heterocycles. The molecule has 0 fully saturated rings. The Labute approximate surface area is 114 Å². The third kappa shape index (κ3) is 3.51. The van der Waals surface area contributed by atoms with Gasteiger partial charge in [0, 0.05) is 4.90 Å². The second kappa shape index (κ2) is 6.29. The van der Waals surface area contributed by atoms with E-state index in [1.807, 2.05) is 24.3 Å². The van der Waals surface area contributed by atoms with E-state index in [1.165, 1.54) is 18.0 Å². The van der Waals surface area contributed by atoms with Crippen molar-refractivity contribution >= 4 is 17.7 Å². The largest absolute Gasteiger partial charge is 0.497 e. The number of nitrogens with zero attached hydrogens (tertiary/aromatic N) is 1. The molecular formula is C13H13NO4S. The second-order valence-electron chi connectivity index (χ2n) is 3.50. The van der Waals surface area contributed by atoms with Crippen molar-refractivity contribution in [3.05, 3.63) is 36.2 Å². The SMILES string of the molecule is CCOC(=O)c1coc(Sc2ccc(OC)cc2)n1. The molecule has 0 saturated carbocycles. The molecule has 1 heterocycles. The van der Waals surface area contributed by atoms with Crippen LogP contribution >= 0.6 is 11.8 Å². The van der Waals surface area contributed by atoms with Gasteiger partial charge in [-0.1, -0.05) is 0 Å². The minimum atomic E-state index is -0.479. The third-order valence-electron chi connectivity index (χ3n) is 2.23. The summed E-state index contributed by atoms with van der Waals surface area (Å²) in [7, 11) is 1.61. The van der Waals surface area contributed by atoms with E-state index in [4.69, 9.17) is 13.9 Å². The zero-order chi connectivity index (χ0) is 13.7. The normalized spacial score (nSPS) is 10.2. The zero-order valence-electron chi connectivity index (χ0n) is 10.6. The van der Waals surface area contributed by atoms with Crippen LogP contribution in [0.25, 0.3) is 0 Å². The van der Waals surface area contributed by atoms with Crippen LogP contribution in [0.1, 0.15) is 17.4 Å². The molecule has 6 heteroatoms. The standard InChI is InChI=1S/C13H13NO4S/c1-3-17-12(15)11-8-18-13(14-11)19-10-6-4-9(16-2)5-7-10/h4-8H,3H2,1-2H3. The predicted octanol–water partition coefficient (Wildman–Crippen LogP) is 3.01. The first-order valence-electron chi connectivity index (χ1n) is 5.67. The summed E-state index contributed by atoms with van der Waals surface area (Å²) >= 11 is 1.32. The molecule has 0 aliphatic rings. The van der Waals surface area contributed by atoms with E-state index in [2.05, 4.69) is 4.98 Å². The van der Waals surface area contributed by atoms with Gasteiger partial charge in [0.1, 0.15) is 12.0 Å². The molecule has 2 aromatic rings. The molecule has 0 radical (unpaired) electrons. The van der Waals surface area contributed by atoms with E-state index >= 15 is 0 Å². The molecule has 0 spiro atoms. The lowest BCUT2D eigenvalue weighted by Crippen LogP contribution is -2.04. The van der Waals surface area contributed by atoms with Crippen molar-refractivity contribution in [1.82, 2.24) is 4.98 Å². The maximum Gasteiger partial charge on any atom is 0.360 e. The highest BCUT2D eigenvalue weighted by molar-refractivity contribution is 7.99. The number of oxazole rings is 1. The molecule has 0 N–H and O–H groups in total. The molecule has 100 valence electrons. The first-order valence-corrected chi connectivity index (χ1v) is 6.49. The van der Waals surface area contributed by atoms with Crippen LogP contribution in [-0.2, 0) is 4.74 Å². The Morgan fingerprint density at radius 1 is 1.37 bits per heavy atom. The van der Waals surface area contributed by atoms with Crippen molar-refractivity contribution < 1.29 is 18.7 Å². The minimum absolute atomic E-state index is 0.179. The summed E-state index contributed by atoms with van der Waals surface area (Å²) in [4.78, 5) is 16.4. The Kier molecular flexibility index (Phi) is 4.46. The lowest BCUT2D eigenvalue weighted by Gasteiger charge is -2.00. The maximum atomic E-state index is 11.4. The van der Waals surface area contributed by atoms with Gasteiger partial charge in [-0.3, -0.25) is 0 Å². The maximum absolute atomic E-state index is 11.4. The number of benzene rings is 1. The minimum Gasteiger partial charge on any atom is -0.497 e. The number of hydrogen-bond donors (Lipinski definition) is 0. The summed E-state index contributed by atoms with van der Waals surface area (Å²) < 4.78 is 15.1. The molecule has 1 aromatic carbocycles. The Morgan fingerprint density at radius 2 is 2.11 bits per heavy atom. The van der Waals surface area contributed by atoms with Crippen LogP contribution in [-0.4, -0.2) is 24.7 Å². The van der Waals surface area contributed by atoms with Crippen molar-refractivity contribution in [2.45, 2.75) is 17.0 Å². The van der Waals surface area contributed by atoms with Gasteiger partial charge < -0.3 is 13.9 Å². The fraction of sp³-hybridized carbons (Fsp3) is 0.231. The van der Waals surface area contributed by atoms with E-state index < -0.39 is 5.97 Å². The predicted molar refractivity (Wildman–Crippen MR) is 69.6 cm³/mol. The van der Waals surface area contributed by atoms with Crippen molar-refractivity contribution in [3.8, 4) is 5.75 Å². The average Bonchev–Trinajstić information content (AvgIpc) is 2.88. The number of carbonyl (C=O) groups excluding carboxylic acids is 1. The summed E-state index contributed by atoms with van der Waals surface area (Å²) in [6.07, 6.45) is 1.30. The quantitative estimate of drug-likeness (QED) is 0.784. The van der Waals surface area contributed by atoms with Gasteiger partial charge >= 0.3 is 5.97 Å². The third-order valence-corrected chi connectivity index (χ3v) is 3.10. The highest BCUT2D eigenvalue weighted by atomic mass is 32.2. The van der Waals surface area contributed by atoms with Gasteiger partial charge in [-0.2, -0.15) is 4.98 Å². The van der Waals surface area contributed by atoms with Crippen LogP contribution in [0.5, 0.6) is 5.75 Å². The Morgan fingerprint density at radius 3 is 2.74 bits per heavy atom. The summed E-state index contributed by atoms with van der Waals surface area (Å²) in [5.41, 5.74) is 0.179. The van der Waals surface area contributed by atoms with Crippen LogP contribution in [0.3, 0.4) is 0 Å². The number of carbonyl (C=O) groups is 1. The number of ether oxygens (including phenoxy) is 2. The van der Waals surface area contributed by atoms with Gasteiger partial charge in [-0.05, 0) is 43.0 Å². The highest BCUT2D eigenvalue weighted by Crippen LogP contribution is 2.28. The highest BCUT2D eigenvalue weighted by Gasteiger charge is 2.13. The van der Waals surface area contributed by atoms with E-state index in [1.54, 1.807) is 14.0 Å². The molecule has 0 unspecified atom stereocenters. The van der Waals surface area contributed by atoms with Crippen LogP contribution in [0.4, 0.5) is 0 Å². The van der Waals surface area contributed by atoms with E-state index in [-0.39, 0.29) is 5.69 Å². The van der Waals surface area contributed by atoms with Crippen molar-refractivity contribution in [1.29, 1.82) is 0 Å². The molecule has 0 aliphatic carbocycles. The van der Waals surface area contributed by atoms with Crippen molar-refractivity contribution in [3.63, 3.8) is 0 Å². The smallest absolute Gasteiger partial charge is 0.360 e. The van der Waals surface area contributed by atoms with Crippen LogP contribution in [0, 0.1) is 0 Å². The summed E-state index contributed by atoms with van der Waals surface area (Å²) in [6.45, 7) is 2.05. The second-order valence-corrected chi connectivity index (χ2v) is 4.52. The Balaban J connectivity index is 2.04. The van der Waals surface area contributed by atoms with Crippen LogP contribution < -0.4 is 4.74 Å². The van der Waals surface area contributed by atoms with Crippen molar-refractivity contribution in [2.24, 2.45) is 0 Å². The van der Waals surface area contributed by atoms with E-state index in [9.17, 15) is 4.79 Å². The lowest BCUT2D eigenvalue weighted by molar-refractivity contribution is 0.0519. The number of rotatable bonds is 5. The fourth-order valence-electron chi connectivity index (χ4n) is 1.35. The molecule has 2 rings (SSSR count). The Bertz CT molecular complexity index is 550. The zero-order valence-corrected chi connectivity index (χ0v) is 11.4. The van der Waals surface area contributed by atoms with Gasteiger partial charge in [0.2, 0.25) is 0 Å². The number of esters is 1. The number of hydrogen-bond acceptors (Lipinski definition) is 6. The van der Waals surface area contributed by atoms with Crippen LogP contribution in [0.2, 0.25) is 0 Å². The van der Waals surface area contributed by atoms with E-state index in [0.717, 1.165) is 10.6 Å². The fourth-order valence-corrected chi connectivity index (χ4v) is 2.06. The van der Waals surface area contributed by atoms with Gasteiger partial charge in [0.05, 0.1) is 13.7 Å². The molecular weight excluding hydrogens is 266 g/mol. The monoisotopic (exact) mass is 279 g/mol. The molecule has 0 atom stereocenters. The topological polar surface area (TPSA) is 61.6 Å². The molecule has 0 amide bonds. The summed E-state index contributed by atoms with van der Waals surface area (Å²) in [5.74, 6) is 0.303. The molecule has 5 nitrogen and oxygen atoms in total. The number of methoxy groups -OCH3 is 1. The molecule has 19 heavy (non-hydrogen) atoms. The summed E-state index contributed by atoms with van der Waals surface area (Å²) in [6, 6.07) is 7.46. The first kappa shape index (κ1) is 13.5. The summed E-state index contributed by atoms with van der Waals surface area (Å²) in [5, 5.41) is 0.396. The molecule has 0 aliphatic heterocycles. The van der Waals surface area contributed by atoms with Crippen molar-refractivity contribution in [2.75, 3.05) is 13.7 Å². The average molecular weight is 279 g/mol. The lowest BCUT2D eigenvalue weighted by atomic mass is 10.3. The van der Waals surface area contributed by atoms with Crippen LogP contribution in [0.15, 0.2) is 45.1 Å². The van der Waals surface area contributed by atoms with Gasteiger partial charge in [0.25, 0.3) is 5.22 Å².